The van der Waals surface area contributed by atoms with Crippen molar-refractivity contribution in [3.63, 3.8) is 0 Å². The molecule has 0 saturated carbocycles. The molecule has 1 aliphatic rings. The zero-order valence-corrected chi connectivity index (χ0v) is 16.1. The molecule has 9 heteroatoms. The highest BCUT2D eigenvalue weighted by Crippen LogP contribution is 2.30. The molecule has 0 aromatic heterocycles. The molecule has 3 aromatic rings. The molecule has 3 aromatic carbocycles. The molecule has 8 nitrogen and oxygen atoms in total. The van der Waals surface area contributed by atoms with Crippen molar-refractivity contribution in [2.75, 3.05) is 10.2 Å². The highest BCUT2D eigenvalue weighted by molar-refractivity contribution is 6.34. The molecule has 0 fully saturated rings. The molecular formula is C22H14FN3O5. The first kappa shape index (κ1) is 19.9. The number of anilines is 2. The Morgan fingerprint density at radius 3 is 2.26 bits per heavy atom. The highest BCUT2D eigenvalue weighted by Gasteiger charge is 2.36. The Morgan fingerprint density at radius 2 is 1.65 bits per heavy atom. The number of nitro groups is 1. The van der Waals surface area contributed by atoms with Crippen molar-refractivity contribution in [3.05, 3.63) is 98.8 Å². The molecule has 4 rings (SSSR count). The van der Waals surface area contributed by atoms with Crippen molar-refractivity contribution >= 4 is 34.8 Å². The van der Waals surface area contributed by atoms with Crippen LogP contribution in [0.25, 0.3) is 0 Å². The number of halogens is 1. The Labute approximate surface area is 175 Å². The minimum Gasteiger partial charge on any atom is -0.322 e. The first-order valence-corrected chi connectivity index (χ1v) is 9.11. The van der Waals surface area contributed by atoms with E-state index in [1.54, 1.807) is 24.3 Å². The van der Waals surface area contributed by atoms with E-state index in [2.05, 4.69) is 5.32 Å². The summed E-state index contributed by atoms with van der Waals surface area (Å²) in [5, 5.41) is 13.6. The van der Waals surface area contributed by atoms with E-state index in [4.69, 9.17) is 0 Å². The molecule has 154 valence electrons. The molecule has 0 unspecified atom stereocenters. The Balaban J connectivity index is 1.62. The zero-order valence-electron chi connectivity index (χ0n) is 16.1. The summed E-state index contributed by atoms with van der Waals surface area (Å²) in [5.41, 5.74) is 0.113. The van der Waals surface area contributed by atoms with Gasteiger partial charge in [0.1, 0.15) is 5.82 Å². The third kappa shape index (κ3) is 3.42. The van der Waals surface area contributed by atoms with Gasteiger partial charge in [-0.1, -0.05) is 18.2 Å². The number of fused-ring (bicyclic) bond motifs is 1. The van der Waals surface area contributed by atoms with Gasteiger partial charge >= 0.3 is 0 Å². The number of rotatable bonds is 4. The van der Waals surface area contributed by atoms with Crippen LogP contribution in [0.2, 0.25) is 0 Å². The van der Waals surface area contributed by atoms with Gasteiger partial charge in [-0.25, -0.2) is 9.29 Å². The van der Waals surface area contributed by atoms with Gasteiger partial charge in [-0.2, -0.15) is 0 Å². The normalized spacial score (nSPS) is 12.6. The summed E-state index contributed by atoms with van der Waals surface area (Å²) in [6, 6.07) is 14.3. The Bertz CT molecular complexity index is 1250. The average molecular weight is 419 g/mol. The quantitative estimate of drug-likeness (QED) is 0.389. The van der Waals surface area contributed by atoms with Gasteiger partial charge in [-0.05, 0) is 43.3 Å². The van der Waals surface area contributed by atoms with Gasteiger partial charge in [-0.3, -0.25) is 24.5 Å². The van der Waals surface area contributed by atoms with Crippen molar-refractivity contribution in [2.24, 2.45) is 0 Å². The maximum absolute atomic E-state index is 14.0. The smallest absolute Gasteiger partial charge is 0.276 e. The zero-order chi connectivity index (χ0) is 22.3. The van der Waals surface area contributed by atoms with Crippen molar-refractivity contribution in [1.82, 2.24) is 0 Å². The topological polar surface area (TPSA) is 110 Å². The number of carbonyl (C=O) groups excluding carboxylic acids is 3. The molecule has 0 radical (unpaired) electrons. The Hall–Kier alpha value is -4.40. The molecular weight excluding hydrogens is 405 g/mol. The van der Waals surface area contributed by atoms with Crippen LogP contribution in [0.15, 0.2) is 60.7 Å². The number of hydrogen-bond donors (Lipinski definition) is 1. The van der Waals surface area contributed by atoms with Gasteiger partial charge in [0.2, 0.25) is 0 Å². The summed E-state index contributed by atoms with van der Waals surface area (Å²) in [7, 11) is 0. The van der Waals surface area contributed by atoms with Crippen LogP contribution in [0.5, 0.6) is 0 Å². The van der Waals surface area contributed by atoms with Crippen molar-refractivity contribution in [2.45, 2.75) is 6.92 Å². The van der Waals surface area contributed by atoms with E-state index < -0.39 is 34.1 Å². The van der Waals surface area contributed by atoms with Crippen molar-refractivity contribution in [1.29, 1.82) is 0 Å². The van der Waals surface area contributed by atoms with E-state index in [0.717, 1.165) is 17.0 Å². The second-order valence-electron chi connectivity index (χ2n) is 6.86. The minimum absolute atomic E-state index is 0.172. The van der Waals surface area contributed by atoms with Gasteiger partial charge in [-0.15, -0.1) is 0 Å². The molecule has 3 amide bonds. The first-order chi connectivity index (χ1) is 14.8. The predicted octanol–water partition coefficient (Wildman–Crippen LogP) is 4.10. The number of nitrogens with one attached hydrogen (secondary N) is 1. The number of nitrogens with zero attached hydrogens (tertiary/aromatic N) is 2. The molecule has 0 aliphatic carbocycles. The predicted molar refractivity (Wildman–Crippen MR) is 110 cm³/mol. The number of imide groups is 1. The average Bonchev–Trinajstić information content (AvgIpc) is 3.00. The van der Waals surface area contributed by atoms with Crippen molar-refractivity contribution < 1.29 is 23.7 Å². The van der Waals surface area contributed by atoms with Gasteiger partial charge < -0.3 is 5.32 Å². The maximum Gasteiger partial charge on any atom is 0.276 e. The Morgan fingerprint density at radius 1 is 1.00 bits per heavy atom. The molecule has 31 heavy (non-hydrogen) atoms. The molecule has 0 saturated heterocycles. The summed E-state index contributed by atoms with van der Waals surface area (Å²) in [4.78, 5) is 49.2. The second kappa shape index (κ2) is 7.45. The number of benzene rings is 3. The van der Waals surface area contributed by atoms with Crippen LogP contribution >= 0.6 is 0 Å². The summed E-state index contributed by atoms with van der Waals surface area (Å²) in [5.74, 6) is -2.62. The van der Waals surface area contributed by atoms with Crippen LogP contribution in [0, 0.1) is 22.9 Å². The maximum atomic E-state index is 14.0. The van der Waals surface area contributed by atoms with Crippen LogP contribution in [0.4, 0.5) is 21.5 Å². The van der Waals surface area contributed by atoms with E-state index in [9.17, 15) is 28.9 Å². The lowest BCUT2D eigenvalue weighted by Gasteiger charge is -2.15. The van der Waals surface area contributed by atoms with Gasteiger partial charge in [0.15, 0.2) is 0 Å². The molecule has 0 atom stereocenters. The lowest BCUT2D eigenvalue weighted by atomic mass is 10.1. The molecule has 1 N–H and O–H groups in total. The third-order valence-electron chi connectivity index (χ3n) is 4.93. The van der Waals surface area contributed by atoms with E-state index in [-0.39, 0.29) is 33.6 Å². The van der Waals surface area contributed by atoms with E-state index in [1.165, 1.54) is 31.2 Å². The summed E-state index contributed by atoms with van der Waals surface area (Å²) in [6.07, 6.45) is 0. The van der Waals surface area contributed by atoms with Gasteiger partial charge in [0.25, 0.3) is 23.4 Å². The minimum atomic E-state index is -0.876. The van der Waals surface area contributed by atoms with Crippen LogP contribution < -0.4 is 10.2 Å². The Kier molecular flexibility index (Phi) is 4.78. The SMILES string of the molecule is Cc1c(F)cc(C(=O)Nc2cccc(N3C(=O)c4ccccc4C3=O)c2)cc1[N+](=O)[O-]. The molecule has 1 aliphatic heterocycles. The molecule has 0 bridgehead atoms. The third-order valence-corrected chi connectivity index (χ3v) is 4.93. The van der Waals surface area contributed by atoms with Crippen molar-refractivity contribution in [3.8, 4) is 0 Å². The summed E-state index contributed by atoms with van der Waals surface area (Å²) < 4.78 is 14.0. The number of carbonyl (C=O) groups is 3. The lowest BCUT2D eigenvalue weighted by molar-refractivity contribution is -0.385. The lowest BCUT2D eigenvalue weighted by Crippen LogP contribution is -2.29. The summed E-state index contributed by atoms with van der Waals surface area (Å²) >= 11 is 0. The molecule has 1 heterocycles. The largest absolute Gasteiger partial charge is 0.322 e. The van der Waals surface area contributed by atoms with Crippen LogP contribution in [0.3, 0.4) is 0 Å². The van der Waals surface area contributed by atoms with E-state index >= 15 is 0 Å². The fourth-order valence-electron chi connectivity index (χ4n) is 3.33. The van der Waals surface area contributed by atoms with Crippen LogP contribution in [0.1, 0.15) is 36.6 Å². The van der Waals surface area contributed by atoms with E-state index in [0.29, 0.717) is 0 Å². The first-order valence-electron chi connectivity index (χ1n) is 9.11. The monoisotopic (exact) mass is 419 g/mol. The van der Waals surface area contributed by atoms with Gasteiger partial charge in [0.05, 0.1) is 27.3 Å². The highest BCUT2D eigenvalue weighted by atomic mass is 19.1. The summed E-state index contributed by atoms with van der Waals surface area (Å²) in [6.45, 7) is 1.25. The van der Waals surface area contributed by atoms with Crippen LogP contribution in [-0.2, 0) is 0 Å². The fraction of sp³-hybridized carbons (Fsp3) is 0.0455. The van der Waals surface area contributed by atoms with Gasteiger partial charge in [0, 0.05) is 17.3 Å². The second-order valence-corrected chi connectivity index (χ2v) is 6.86. The van der Waals surface area contributed by atoms with Crippen LogP contribution in [-0.4, -0.2) is 22.6 Å². The molecule has 0 spiro atoms. The van der Waals surface area contributed by atoms with E-state index in [1.807, 2.05) is 0 Å². The standard InChI is InChI=1S/C22H14FN3O5/c1-12-18(23)9-13(10-19(12)26(30)31)20(27)24-14-5-4-6-15(11-14)25-21(28)16-7-2-3-8-17(16)22(25)29/h2-11H,1H3,(H,24,27). The number of nitro benzene ring substituents is 1. The fourth-order valence-corrected chi connectivity index (χ4v) is 3.33. The number of amides is 3. The number of hydrogen-bond acceptors (Lipinski definition) is 5.